The van der Waals surface area contributed by atoms with E-state index in [1.807, 2.05) is 0 Å². The molecular formula is C13H26N2. The number of nitrogens with zero attached hydrogens (tertiary/aromatic N) is 1. The topological polar surface area (TPSA) is 15.3 Å². The predicted octanol–water partition coefficient (Wildman–Crippen LogP) is 2.25. The molecule has 0 spiro atoms. The molecule has 2 fully saturated rings. The molecule has 1 heterocycles. The van der Waals surface area contributed by atoms with Gasteiger partial charge in [0.25, 0.3) is 0 Å². The van der Waals surface area contributed by atoms with Crippen LogP contribution in [0.15, 0.2) is 0 Å². The number of hydrogen-bond donors (Lipinski definition) is 1. The smallest absolute Gasteiger partial charge is 0.0207 e. The quantitative estimate of drug-likeness (QED) is 0.752. The van der Waals surface area contributed by atoms with Gasteiger partial charge >= 0.3 is 0 Å². The summed E-state index contributed by atoms with van der Waals surface area (Å²) >= 11 is 0. The Kier molecular flexibility index (Phi) is 3.68. The first kappa shape index (κ1) is 11.4. The van der Waals surface area contributed by atoms with Crippen LogP contribution in [0.3, 0.4) is 0 Å². The maximum Gasteiger partial charge on any atom is 0.0207 e. The van der Waals surface area contributed by atoms with E-state index in [0.717, 1.165) is 5.92 Å². The summed E-state index contributed by atoms with van der Waals surface area (Å²) in [6.45, 7) is 9.79. The minimum atomic E-state index is 0.603. The van der Waals surface area contributed by atoms with Crippen LogP contribution in [-0.2, 0) is 0 Å². The summed E-state index contributed by atoms with van der Waals surface area (Å²) in [6, 6.07) is 0. The van der Waals surface area contributed by atoms with Gasteiger partial charge in [0.2, 0.25) is 0 Å². The fourth-order valence-electron chi connectivity index (χ4n) is 3.18. The first-order chi connectivity index (χ1) is 7.27. The van der Waals surface area contributed by atoms with Crippen LogP contribution in [0.1, 0.15) is 46.0 Å². The minimum Gasteiger partial charge on any atom is -0.316 e. The Balaban J connectivity index is 1.98. The Bertz CT molecular complexity index is 193. The van der Waals surface area contributed by atoms with Gasteiger partial charge in [-0.1, -0.05) is 13.8 Å². The van der Waals surface area contributed by atoms with Crippen molar-refractivity contribution in [3.05, 3.63) is 0 Å². The Hall–Kier alpha value is -0.0800. The van der Waals surface area contributed by atoms with Crippen LogP contribution < -0.4 is 5.32 Å². The zero-order valence-electron chi connectivity index (χ0n) is 10.4. The van der Waals surface area contributed by atoms with E-state index in [0.29, 0.717) is 5.54 Å². The molecule has 1 aliphatic carbocycles. The summed E-state index contributed by atoms with van der Waals surface area (Å²) in [4.78, 5) is 2.81. The van der Waals surface area contributed by atoms with Crippen LogP contribution in [0.25, 0.3) is 0 Å². The molecule has 1 saturated carbocycles. The lowest BCUT2D eigenvalue weighted by atomic mass is 9.73. The zero-order valence-corrected chi connectivity index (χ0v) is 10.4. The van der Waals surface area contributed by atoms with E-state index in [1.54, 1.807) is 0 Å². The number of hydrogen-bond acceptors (Lipinski definition) is 2. The molecule has 2 aliphatic rings. The molecule has 2 heteroatoms. The second kappa shape index (κ2) is 4.84. The molecule has 0 radical (unpaired) electrons. The number of rotatable bonds is 2. The molecule has 2 rings (SSSR count). The van der Waals surface area contributed by atoms with E-state index in [4.69, 9.17) is 0 Å². The Morgan fingerprint density at radius 2 is 2.13 bits per heavy atom. The summed E-state index contributed by atoms with van der Waals surface area (Å²) in [7, 11) is 0. The summed E-state index contributed by atoms with van der Waals surface area (Å²) in [5, 5.41) is 3.54. The van der Waals surface area contributed by atoms with E-state index in [9.17, 15) is 0 Å². The Morgan fingerprint density at radius 3 is 2.73 bits per heavy atom. The standard InChI is InChI=1S/C13H26N2/c1-3-13(6-4-7-13)15-9-5-8-14-10-12(2)11-15/h12,14H,3-11H2,1-2H3. The normalized spacial score (nSPS) is 32.8. The van der Waals surface area contributed by atoms with Crippen molar-refractivity contribution >= 4 is 0 Å². The third-order valence-corrected chi connectivity index (χ3v) is 4.42. The molecule has 1 N–H and O–H groups in total. The second-order valence-corrected chi connectivity index (χ2v) is 5.54. The van der Waals surface area contributed by atoms with Crippen molar-refractivity contribution in [2.75, 3.05) is 26.2 Å². The maximum absolute atomic E-state index is 3.54. The highest BCUT2D eigenvalue weighted by Gasteiger charge is 2.40. The summed E-state index contributed by atoms with van der Waals surface area (Å²) < 4.78 is 0. The molecule has 1 atom stereocenters. The molecule has 2 nitrogen and oxygen atoms in total. The van der Waals surface area contributed by atoms with Gasteiger partial charge in [-0.3, -0.25) is 4.90 Å². The molecule has 15 heavy (non-hydrogen) atoms. The highest BCUT2D eigenvalue weighted by atomic mass is 15.2. The van der Waals surface area contributed by atoms with Gasteiger partial charge in [-0.15, -0.1) is 0 Å². The van der Waals surface area contributed by atoms with E-state index in [1.165, 1.54) is 58.3 Å². The summed E-state index contributed by atoms with van der Waals surface area (Å²) in [5.74, 6) is 0.814. The maximum atomic E-state index is 3.54. The second-order valence-electron chi connectivity index (χ2n) is 5.54. The van der Waals surface area contributed by atoms with Gasteiger partial charge in [-0.25, -0.2) is 0 Å². The zero-order chi connectivity index (χ0) is 10.7. The molecule has 88 valence electrons. The SMILES string of the molecule is CCC1(N2CCCNCC(C)C2)CCC1. The van der Waals surface area contributed by atoms with Gasteiger partial charge in [0.15, 0.2) is 0 Å². The van der Waals surface area contributed by atoms with Crippen molar-refractivity contribution < 1.29 is 0 Å². The van der Waals surface area contributed by atoms with Crippen molar-refractivity contribution in [1.82, 2.24) is 10.2 Å². The Morgan fingerprint density at radius 1 is 1.33 bits per heavy atom. The van der Waals surface area contributed by atoms with E-state index in [-0.39, 0.29) is 0 Å². The molecule has 0 amide bonds. The summed E-state index contributed by atoms with van der Waals surface area (Å²) in [6.07, 6.45) is 7.03. The van der Waals surface area contributed by atoms with Crippen LogP contribution in [0.4, 0.5) is 0 Å². The van der Waals surface area contributed by atoms with E-state index in [2.05, 4.69) is 24.1 Å². The van der Waals surface area contributed by atoms with E-state index >= 15 is 0 Å². The first-order valence-electron chi connectivity index (χ1n) is 6.72. The molecule has 1 aliphatic heterocycles. The van der Waals surface area contributed by atoms with Gasteiger partial charge in [-0.05, 0) is 57.7 Å². The van der Waals surface area contributed by atoms with Crippen LogP contribution in [-0.4, -0.2) is 36.6 Å². The van der Waals surface area contributed by atoms with Gasteiger partial charge in [-0.2, -0.15) is 0 Å². The molecule has 0 bridgehead atoms. The largest absolute Gasteiger partial charge is 0.316 e. The molecule has 1 unspecified atom stereocenters. The van der Waals surface area contributed by atoms with Gasteiger partial charge < -0.3 is 5.32 Å². The van der Waals surface area contributed by atoms with E-state index < -0.39 is 0 Å². The van der Waals surface area contributed by atoms with Crippen LogP contribution in [0, 0.1) is 5.92 Å². The molecule has 0 aromatic carbocycles. The van der Waals surface area contributed by atoms with Crippen molar-refractivity contribution in [2.24, 2.45) is 5.92 Å². The fraction of sp³-hybridized carbons (Fsp3) is 1.00. The highest BCUT2D eigenvalue weighted by Crippen LogP contribution is 2.40. The van der Waals surface area contributed by atoms with Gasteiger partial charge in [0, 0.05) is 12.1 Å². The molecule has 0 aromatic heterocycles. The average Bonchev–Trinajstić information content (AvgIpc) is 2.12. The van der Waals surface area contributed by atoms with Crippen molar-refractivity contribution in [1.29, 1.82) is 0 Å². The van der Waals surface area contributed by atoms with Crippen molar-refractivity contribution in [3.8, 4) is 0 Å². The van der Waals surface area contributed by atoms with Crippen LogP contribution in [0.2, 0.25) is 0 Å². The van der Waals surface area contributed by atoms with Crippen molar-refractivity contribution in [3.63, 3.8) is 0 Å². The van der Waals surface area contributed by atoms with Gasteiger partial charge in [0.05, 0.1) is 0 Å². The lowest BCUT2D eigenvalue weighted by Crippen LogP contribution is -2.56. The lowest BCUT2D eigenvalue weighted by molar-refractivity contribution is -0.00176. The third kappa shape index (κ3) is 2.36. The fourth-order valence-corrected chi connectivity index (χ4v) is 3.18. The average molecular weight is 210 g/mol. The molecule has 0 aromatic rings. The molecular weight excluding hydrogens is 184 g/mol. The highest BCUT2D eigenvalue weighted by molar-refractivity contribution is 4.97. The monoisotopic (exact) mass is 210 g/mol. The molecule has 1 saturated heterocycles. The van der Waals surface area contributed by atoms with Crippen LogP contribution >= 0.6 is 0 Å². The summed E-state index contributed by atoms with van der Waals surface area (Å²) in [5.41, 5.74) is 0.603. The van der Waals surface area contributed by atoms with Crippen LogP contribution in [0.5, 0.6) is 0 Å². The predicted molar refractivity (Wildman–Crippen MR) is 65.1 cm³/mol. The first-order valence-corrected chi connectivity index (χ1v) is 6.72. The third-order valence-electron chi connectivity index (χ3n) is 4.42. The lowest BCUT2D eigenvalue weighted by Gasteiger charge is -2.51. The minimum absolute atomic E-state index is 0.603. The van der Waals surface area contributed by atoms with Crippen molar-refractivity contribution in [2.45, 2.75) is 51.5 Å². The van der Waals surface area contributed by atoms with Gasteiger partial charge in [0.1, 0.15) is 0 Å². The Labute approximate surface area is 94.4 Å². The number of nitrogens with one attached hydrogen (secondary N) is 1.